The van der Waals surface area contributed by atoms with Gasteiger partial charge in [-0.1, -0.05) is 29.5 Å². The Morgan fingerprint density at radius 3 is 2.37 bits per heavy atom. The molecule has 0 saturated carbocycles. The lowest BCUT2D eigenvalue weighted by molar-refractivity contribution is -0.186. The van der Waals surface area contributed by atoms with Gasteiger partial charge in [0, 0.05) is 24.0 Å². The topological polar surface area (TPSA) is 77.3 Å². The van der Waals surface area contributed by atoms with E-state index in [4.69, 9.17) is 4.74 Å². The molecule has 0 spiro atoms. The third kappa shape index (κ3) is 5.33. The number of halogens is 3. The molecule has 0 bridgehead atoms. The molecule has 1 amide bonds. The first-order valence-electron chi connectivity index (χ1n) is 11.9. The van der Waals surface area contributed by atoms with Gasteiger partial charge in [-0.3, -0.25) is 4.79 Å². The maximum Gasteiger partial charge on any atom is 0.471 e. The number of likely N-dealkylation sites (tertiary alicyclic amines) is 1. The fourth-order valence-corrected chi connectivity index (χ4v) is 5.27. The highest BCUT2D eigenvalue weighted by molar-refractivity contribution is 7.08. The highest BCUT2D eigenvalue weighted by Gasteiger charge is 2.43. The van der Waals surface area contributed by atoms with Crippen LogP contribution in [0.1, 0.15) is 34.7 Å². The van der Waals surface area contributed by atoms with E-state index in [1.54, 1.807) is 34.3 Å². The number of alkyl halides is 3. The van der Waals surface area contributed by atoms with E-state index in [0.717, 1.165) is 27.2 Å². The fourth-order valence-electron chi connectivity index (χ4n) is 4.62. The minimum Gasteiger partial charge on any atom is -0.465 e. The zero-order valence-corrected chi connectivity index (χ0v) is 21.1. The number of amides is 1. The Labute approximate surface area is 220 Å². The third-order valence-corrected chi connectivity index (χ3v) is 7.34. The number of nitrogens with zero attached hydrogens (tertiary/aromatic N) is 4. The maximum absolute atomic E-state index is 12.7. The molecule has 38 heavy (non-hydrogen) atoms. The van der Waals surface area contributed by atoms with Gasteiger partial charge in [-0.05, 0) is 65.1 Å². The van der Waals surface area contributed by atoms with E-state index in [9.17, 15) is 22.8 Å². The molecule has 7 nitrogen and oxygen atoms in total. The van der Waals surface area contributed by atoms with Gasteiger partial charge in [0.15, 0.2) is 0 Å². The van der Waals surface area contributed by atoms with Crippen molar-refractivity contribution in [3.05, 3.63) is 76.6 Å². The van der Waals surface area contributed by atoms with E-state index < -0.39 is 18.1 Å². The standard InChI is InChI=1S/C27H23F3N4O3S/c1-37-25(35)22-12-21(13-23(14-22)34-15-24(31-32-34)20-8-11-38-16-20)18-4-2-17(3-5-18)19-6-9-33(10-7-19)26(36)27(28,29)30/h2-5,8,11-16,19H,6-7,9-10H2,1H3. The molecule has 5 rings (SSSR count). The van der Waals surface area contributed by atoms with Crippen molar-refractivity contribution in [2.24, 2.45) is 0 Å². The average Bonchev–Trinajstić information content (AvgIpc) is 3.64. The van der Waals surface area contributed by atoms with Crippen molar-refractivity contribution in [2.75, 3.05) is 20.2 Å². The molecule has 1 fully saturated rings. The van der Waals surface area contributed by atoms with Gasteiger partial charge in [0.05, 0.1) is 24.6 Å². The molecule has 11 heteroatoms. The molecule has 1 aliphatic rings. The molecule has 0 unspecified atom stereocenters. The van der Waals surface area contributed by atoms with Gasteiger partial charge >= 0.3 is 18.1 Å². The summed E-state index contributed by atoms with van der Waals surface area (Å²) in [7, 11) is 1.32. The minimum absolute atomic E-state index is 0.0592. The molecule has 2 aromatic heterocycles. The van der Waals surface area contributed by atoms with Gasteiger partial charge in [0.25, 0.3) is 0 Å². The van der Waals surface area contributed by atoms with E-state index in [2.05, 4.69) is 10.3 Å². The van der Waals surface area contributed by atoms with Crippen LogP contribution in [0.2, 0.25) is 0 Å². The number of carbonyl (C=O) groups is 2. The van der Waals surface area contributed by atoms with E-state index in [1.165, 1.54) is 7.11 Å². The molecule has 0 atom stereocenters. The number of esters is 1. The summed E-state index contributed by atoms with van der Waals surface area (Å²) in [5.74, 6) is -2.20. The highest BCUT2D eigenvalue weighted by Crippen LogP contribution is 2.32. The van der Waals surface area contributed by atoms with Gasteiger partial charge < -0.3 is 9.64 Å². The monoisotopic (exact) mass is 540 g/mol. The average molecular weight is 541 g/mol. The third-order valence-electron chi connectivity index (χ3n) is 6.65. The quantitative estimate of drug-likeness (QED) is 0.303. The highest BCUT2D eigenvalue weighted by atomic mass is 32.1. The van der Waals surface area contributed by atoms with Crippen molar-refractivity contribution >= 4 is 23.2 Å². The summed E-state index contributed by atoms with van der Waals surface area (Å²) in [6.07, 6.45) is -2.13. The van der Waals surface area contributed by atoms with Crippen molar-refractivity contribution in [3.63, 3.8) is 0 Å². The van der Waals surface area contributed by atoms with E-state index in [-0.39, 0.29) is 19.0 Å². The second kappa shape index (κ2) is 10.4. The molecule has 2 aromatic carbocycles. The molecule has 0 aliphatic carbocycles. The number of aromatic nitrogens is 3. The summed E-state index contributed by atoms with van der Waals surface area (Å²) in [6, 6.07) is 15.0. The molecular weight excluding hydrogens is 517 g/mol. The molecule has 3 heterocycles. The predicted octanol–water partition coefficient (Wildman–Crippen LogP) is 5.72. The Kier molecular flexibility index (Phi) is 7.02. The van der Waals surface area contributed by atoms with E-state index in [1.807, 2.05) is 47.2 Å². The molecular formula is C27H23F3N4O3S. The largest absolute Gasteiger partial charge is 0.471 e. The van der Waals surface area contributed by atoms with Crippen LogP contribution < -0.4 is 0 Å². The van der Waals surface area contributed by atoms with Crippen LogP contribution in [0, 0.1) is 0 Å². The van der Waals surface area contributed by atoms with Crippen molar-refractivity contribution in [1.82, 2.24) is 19.9 Å². The fraction of sp³-hybridized carbons (Fsp3) is 0.259. The summed E-state index contributed by atoms with van der Waals surface area (Å²) < 4.78 is 44.8. The Hall–Kier alpha value is -3.99. The second-order valence-electron chi connectivity index (χ2n) is 9.01. The van der Waals surface area contributed by atoms with E-state index >= 15 is 0 Å². The Morgan fingerprint density at radius 1 is 1.00 bits per heavy atom. The smallest absolute Gasteiger partial charge is 0.465 e. The number of thiophene rings is 1. The first-order chi connectivity index (χ1) is 18.2. The number of ether oxygens (including phenoxy) is 1. The van der Waals surface area contributed by atoms with Crippen LogP contribution >= 0.6 is 11.3 Å². The van der Waals surface area contributed by atoms with Crippen LogP contribution in [0.3, 0.4) is 0 Å². The summed E-state index contributed by atoms with van der Waals surface area (Å²) >= 11 is 1.56. The summed E-state index contributed by atoms with van der Waals surface area (Å²) in [6.45, 7) is 0.140. The summed E-state index contributed by atoms with van der Waals surface area (Å²) in [5, 5.41) is 12.4. The van der Waals surface area contributed by atoms with Gasteiger partial charge in [0.2, 0.25) is 0 Å². The van der Waals surface area contributed by atoms with Crippen molar-refractivity contribution in [3.8, 4) is 28.1 Å². The first-order valence-corrected chi connectivity index (χ1v) is 12.8. The zero-order valence-electron chi connectivity index (χ0n) is 20.3. The number of carbonyl (C=O) groups excluding carboxylic acids is 2. The first kappa shape index (κ1) is 25.7. The van der Waals surface area contributed by atoms with Crippen LogP contribution in [0.4, 0.5) is 13.2 Å². The number of benzene rings is 2. The van der Waals surface area contributed by atoms with Gasteiger partial charge in [-0.15, -0.1) is 5.10 Å². The lowest BCUT2D eigenvalue weighted by atomic mass is 9.88. The number of hydrogen-bond acceptors (Lipinski definition) is 6. The van der Waals surface area contributed by atoms with Crippen LogP contribution in [0.5, 0.6) is 0 Å². The Morgan fingerprint density at radius 2 is 1.74 bits per heavy atom. The van der Waals surface area contributed by atoms with Crippen LogP contribution in [0.15, 0.2) is 65.5 Å². The van der Waals surface area contributed by atoms with Crippen molar-refractivity contribution < 1.29 is 27.5 Å². The van der Waals surface area contributed by atoms with Crippen molar-refractivity contribution in [1.29, 1.82) is 0 Å². The predicted molar refractivity (Wildman–Crippen MR) is 136 cm³/mol. The zero-order chi connectivity index (χ0) is 26.9. The minimum atomic E-state index is -4.84. The molecule has 0 radical (unpaired) electrons. The van der Waals surface area contributed by atoms with Crippen LogP contribution in [-0.2, 0) is 9.53 Å². The normalized spacial score (nSPS) is 14.5. The summed E-state index contributed by atoms with van der Waals surface area (Å²) in [5.41, 5.74) is 5.28. The molecule has 1 saturated heterocycles. The molecule has 0 N–H and O–H groups in total. The van der Waals surface area contributed by atoms with Crippen LogP contribution in [0.25, 0.3) is 28.1 Å². The number of methoxy groups -OCH3 is 1. The van der Waals surface area contributed by atoms with Gasteiger partial charge in [-0.2, -0.15) is 24.5 Å². The molecule has 1 aliphatic heterocycles. The lowest BCUT2D eigenvalue weighted by Crippen LogP contribution is -2.45. The maximum atomic E-state index is 12.7. The Bertz CT molecular complexity index is 1440. The van der Waals surface area contributed by atoms with Gasteiger partial charge in [0.1, 0.15) is 5.69 Å². The Balaban J connectivity index is 1.38. The summed E-state index contributed by atoms with van der Waals surface area (Å²) in [4.78, 5) is 24.8. The molecule has 196 valence electrons. The SMILES string of the molecule is COC(=O)c1cc(-c2ccc(C3CCN(C(=O)C(F)(F)F)CC3)cc2)cc(-n2cc(-c3ccsc3)nn2)c1. The number of hydrogen-bond donors (Lipinski definition) is 0. The number of rotatable bonds is 5. The lowest BCUT2D eigenvalue weighted by Gasteiger charge is -2.32. The van der Waals surface area contributed by atoms with Gasteiger partial charge in [-0.25, -0.2) is 9.48 Å². The second-order valence-corrected chi connectivity index (χ2v) is 9.79. The molecule has 4 aromatic rings. The van der Waals surface area contributed by atoms with Crippen molar-refractivity contribution in [2.45, 2.75) is 24.9 Å². The van der Waals surface area contributed by atoms with E-state index in [0.29, 0.717) is 29.8 Å². The number of piperidine rings is 1. The van der Waals surface area contributed by atoms with Crippen LogP contribution in [-0.4, -0.2) is 58.1 Å².